The molecule has 0 heterocycles. The highest BCUT2D eigenvalue weighted by molar-refractivity contribution is 6.35. The van der Waals surface area contributed by atoms with E-state index in [1.807, 2.05) is 6.07 Å². The first-order valence-electron chi connectivity index (χ1n) is 7.39. The Morgan fingerprint density at radius 2 is 2.09 bits per heavy atom. The van der Waals surface area contributed by atoms with Crippen LogP contribution in [0.5, 0.6) is 0 Å². The number of halogens is 2. The number of rotatable bonds is 3. The van der Waals surface area contributed by atoms with E-state index >= 15 is 0 Å². The van der Waals surface area contributed by atoms with Crippen molar-refractivity contribution < 1.29 is 4.79 Å². The van der Waals surface area contributed by atoms with Gasteiger partial charge in [-0.15, -0.1) is 0 Å². The van der Waals surface area contributed by atoms with E-state index in [4.69, 9.17) is 23.2 Å². The lowest BCUT2D eigenvalue weighted by atomic mass is 9.86. The number of nitrogens with one attached hydrogen (secondary N) is 1. The molecule has 1 fully saturated rings. The first-order chi connectivity index (χ1) is 10.5. The van der Waals surface area contributed by atoms with E-state index in [0.29, 0.717) is 21.5 Å². The van der Waals surface area contributed by atoms with Crippen LogP contribution in [0.2, 0.25) is 10.0 Å². The quantitative estimate of drug-likeness (QED) is 0.648. The molecule has 2 atom stereocenters. The highest BCUT2D eigenvalue weighted by Crippen LogP contribution is 2.25. The SMILES string of the molecule is C[C@@H]1CCCC[C@@H]1NC(=O)/C(C#N)=C/c1ccc(Cl)cc1Cl. The van der Waals surface area contributed by atoms with Crippen LogP contribution >= 0.6 is 23.2 Å². The molecule has 1 saturated carbocycles. The standard InChI is InChI=1S/C17H18Cl2N2O/c1-11-4-2-3-5-16(11)21-17(22)13(10-20)8-12-6-7-14(18)9-15(12)19/h6-9,11,16H,2-5H2,1H3,(H,21,22)/b13-8+/t11-,16+/m1/s1. The summed E-state index contributed by atoms with van der Waals surface area (Å²) in [4.78, 5) is 12.3. The monoisotopic (exact) mass is 336 g/mol. The third kappa shape index (κ3) is 4.25. The Morgan fingerprint density at radius 1 is 1.36 bits per heavy atom. The molecular formula is C17H18Cl2N2O. The Balaban J connectivity index is 2.15. The summed E-state index contributed by atoms with van der Waals surface area (Å²) >= 11 is 11.9. The van der Waals surface area contributed by atoms with Gasteiger partial charge in [0.1, 0.15) is 11.6 Å². The van der Waals surface area contributed by atoms with Gasteiger partial charge in [-0.25, -0.2) is 0 Å². The number of benzene rings is 1. The highest BCUT2D eigenvalue weighted by Gasteiger charge is 2.24. The smallest absolute Gasteiger partial charge is 0.262 e. The maximum atomic E-state index is 12.3. The average molecular weight is 337 g/mol. The molecule has 1 aliphatic carbocycles. The second-order valence-electron chi connectivity index (χ2n) is 5.68. The molecule has 0 saturated heterocycles. The van der Waals surface area contributed by atoms with Gasteiger partial charge in [-0.2, -0.15) is 5.26 Å². The molecule has 5 heteroatoms. The van der Waals surface area contributed by atoms with Gasteiger partial charge in [0.05, 0.1) is 0 Å². The number of hydrogen-bond acceptors (Lipinski definition) is 2. The van der Waals surface area contributed by atoms with Crippen molar-refractivity contribution in [3.8, 4) is 6.07 Å². The number of nitriles is 1. The van der Waals surface area contributed by atoms with Crippen LogP contribution in [0.25, 0.3) is 6.08 Å². The van der Waals surface area contributed by atoms with E-state index in [9.17, 15) is 10.1 Å². The summed E-state index contributed by atoms with van der Waals surface area (Å²) < 4.78 is 0. The van der Waals surface area contributed by atoms with Crippen molar-refractivity contribution in [3.05, 3.63) is 39.4 Å². The van der Waals surface area contributed by atoms with Crippen LogP contribution < -0.4 is 5.32 Å². The molecule has 1 N–H and O–H groups in total. The van der Waals surface area contributed by atoms with Gasteiger partial charge in [0.2, 0.25) is 0 Å². The third-order valence-electron chi connectivity index (χ3n) is 4.06. The van der Waals surface area contributed by atoms with Crippen molar-refractivity contribution in [1.82, 2.24) is 5.32 Å². The van der Waals surface area contributed by atoms with Gasteiger partial charge in [0.15, 0.2) is 0 Å². The summed E-state index contributed by atoms with van der Waals surface area (Å²) in [5, 5.41) is 13.2. The summed E-state index contributed by atoms with van der Waals surface area (Å²) in [6, 6.07) is 7.05. The Bertz CT molecular complexity index is 634. The van der Waals surface area contributed by atoms with Crippen molar-refractivity contribution in [3.63, 3.8) is 0 Å². The molecule has 1 amide bonds. The minimum absolute atomic E-state index is 0.0574. The molecule has 22 heavy (non-hydrogen) atoms. The number of amides is 1. The van der Waals surface area contributed by atoms with Gasteiger partial charge in [0, 0.05) is 16.1 Å². The number of carbonyl (C=O) groups is 1. The predicted molar refractivity (Wildman–Crippen MR) is 89.6 cm³/mol. The highest BCUT2D eigenvalue weighted by atomic mass is 35.5. The molecular weight excluding hydrogens is 319 g/mol. The maximum Gasteiger partial charge on any atom is 0.262 e. The van der Waals surface area contributed by atoms with Crippen molar-refractivity contribution >= 4 is 35.2 Å². The third-order valence-corrected chi connectivity index (χ3v) is 4.62. The van der Waals surface area contributed by atoms with Crippen LogP contribution in [0.3, 0.4) is 0 Å². The number of hydrogen-bond donors (Lipinski definition) is 1. The number of nitrogens with zero attached hydrogens (tertiary/aromatic N) is 1. The van der Waals surface area contributed by atoms with E-state index in [2.05, 4.69) is 12.2 Å². The van der Waals surface area contributed by atoms with Crippen molar-refractivity contribution in [2.75, 3.05) is 0 Å². The summed E-state index contributed by atoms with van der Waals surface area (Å²) in [5.41, 5.74) is 0.663. The lowest BCUT2D eigenvalue weighted by Gasteiger charge is -2.29. The molecule has 2 rings (SSSR count). The lowest BCUT2D eigenvalue weighted by molar-refractivity contribution is -0.118. The van der Waals surface area contributed by atoms with Crippen LogP contribution in [0.15, 0.2) is 23.8 Å². The van der Waals surface area contributed by atoms with Crippen LogP contribution in [-0.2, 0) is 4.79 Å². The van der Waals surface area contributed by atoms with Gasteiger partial charge >= 0.3 is 0 Å². The first kappa shape index (κ1) is 16.9. The normalized spacial score (nSPS) is 22.0. The second-order valence-corrected chi connectivity index (χ2v) is 6.52. The van der Waals surface area contributed by atoms with E-state index in [0.717, 1.165) is 19.3 Å². The van der Waals surface area contributed by atoms with Crippen molar-refractivity contribution in [2.45, 2.75) is 38.6 Å². The summed E-state index contributed by atoms with van der Waals surface area (Å²) in [5.74, 6) is 0.101. The van der Waals surface area contributed by atoms with E-state index in [1.165, 1.54) is 12.5 Å². The predicted octanol–water partition coefficient (Wildman–Crippen LogP) is 4.60. The largest absolute Gasteiger partial charge is 0.348 e. The second kappa shape index (κ2) is 7.67. The average Bonchev–Trinajstić information content (AvgIpc) is 2.49. The zero-order valence-electron chi connectivity index (χ0n) is 12.4. The molecule has 116 valence electrons. The first-order valence-corrected chi connectivity index (χ1v) is 8.14. The van der Waals surface area contributed by atoms with Gasteiger partial charge in [0.25, 0.3) is 5.91 Å². The zero-order valence-corrected chi connectivity index (χ0v) is 13.9. The Labute approximate surface area is 140 Å². The number of carbonyl (C=O) groups excluding carboxylic acids is 1. The van der Waals surface area contributed by atoms with E-state index < -0.39 is 0 Å². The summed E-state index contributed by atoms with van der Waals surface area (Å²) in [6.07, 6.45) is 5.90. The van der Waals surface area contributed by atoms with Crippen LogP contribution in [0.4, 0.5) is 0 Å². The topological polar surface area (TPSA) is 52.9 Å². The van der Waals surface area contributed by atoms with E-state index in [-0.39, 0.29) is 17.5 Å². The maximum absolute atomic E-state index is 12.3. The van der Waals surface area contributed by atoms with Crippen LogP contribution in [-0.4, -0.2) is 11.9 Å². The molecule has 0 radical (unpaired) electrons. The Morgan fingerprint density at radius 3 is 2.73 bits per heavy atom. The van der Waals surface area contributed by atoms with Crippen molar-refractivity contribution in [2.24, 2.45) is 5.92 Å². The fraction of sp³-hybridized carbons (Fsp3) is 0.412. The van der Waals surface area contributed by atoms with Gasteiger partial charge in [-0.05, 0) is 42.5 Å². The molecule has 1 aromatic carbocycles. The van der Waals surface area contributed by atoms with Crippen LogP contribution in [0.1, 0.15) is 38.2 Å². The van der Waals surface area contributed by atoms with Crippen molar-refractivity contribution in [1.29, 1.82) is 5.26 Å². The summed E-state index contributed by atoms with van der Waals surface area (Å²) in [7, 11) is 0. The fourth-order valence-corrected chi connectivity index (χ4v) is 3.16. The minimum Gasteiger partial charge on any atom is -0.348 e. The molecule has 0 bridgehead atoms. The van der Waals surface area contributed by atoms with Gasteiger partial charge in [-0.1, -0.05) is 49.0 Å². The molecule has 1 aliphatic rings. The van der Waals surface area contributed by atoms with Gasteiger partial charge < -0.3 is 5.32 Å². The molecule has 3 nitrogen and oxygen atoms in total. The van der Waals surface area contributed by atoms with Crippen LogP contribution in [0, 0.1) is 17.2 Å². The Kier molecular flexibility index (Phi) is 5.88. The fourth-order valence-electron chi connectivity index (χ4n) is 2.70. The lowest BCUT2D eigenvalue weighted by Crippen LogP contribution is -2.41. The molecule has 0 spiro atoms. The molecule has 0 unspecified atom stereocenters. The summed E-state index contributed by atoms with van der Waals surface area (Å²) in [6.45, 7) is 2.13. The molecule has 0 aromatic heterocycles. The molecule has 1 aromatic rings. The molecule has 0 aliphatic heterocycles. The minimum atomic E-state index is -0.340. The Hall–Kier alpha value is -1.50. The zero-order chi connectivity index (χ0) is 16.1. The van der Waals surface area contributed by atoms with E-state index in [1.54, 1.807) is 18.2 Å². The van der Waals surface area contributed by atoms with Gasteiger partial charge in [-0.3, -0.25) is 4.79 Å².